The minimum Gasteiger partial charge on any atom is -0.486 e. The molecule has 0 saturated heterocycles. The maximum absolute atomic E-state index is 12.6. The van der Waals surface area contributed by atoms with E-state index >= 15 is 0 Å². The van der Waals surface area contributed by atoms with Crippen molar-refractivity contribution in [1.82, 2.24) is 25.2 Å². The smallest absolute Gasteiger partial charge is 0.342 e. The summed E-state index contributed by atoms with van der Waals surface area (Å²) in [7, 11) is 0. The number of tetrazole rings is 1. The third-order valence-electron chi connectivity index (χ3n) is 4.02. The van der Waals surface area contributed by atoms with E-state index < -0.39 is 5.97 Å². The van der Waals surface area contributed by atoms with Crippen LogP contribution in [-0.2, 0) is 18.0 Å². The highest BCUT2D eigenvalue weighted by atomic mass is 32.1. The largest absolute Gasteiger partial charge is 0.486 e. The summed E-state index contributed by atoms with van der Waals surface area (Å²) in [6.45, 7) is 2.14. The number of hydrogen-bond acceptors (Lipinski definition) is 8. The van der Waals surface area contributed by atoms with Crippen molar-refractivity contribution >= 4 is 17.3 Å². The van der Waals surface area contributed by atoms with Crippen LogP contribution in [0.2, 0.25) is 0 Å². The van der Waals surface area contributed by atoms with Crippen LogP contribution in [0.4, 0.5) is 0 Å². The number of carbonyl (C=O) groups excluding carboxylic acids is 1. The fourth-order valence-electron chi connectivity index (χ4n) is 2.66. The minimum absolute atomic E-state index is 0.0691. The van der Waals surface area contributed by atoms with E-state index in [1.807, 2.05) is 42.6 Å². The first-order valence-corrected chi connectivity index (χ1v) is 9.71. The highest BCUT2D eigenvalue weighted by molar-refractivity contribution is 7.09. The summed E-state index contributed by atoms with van der Waals surface area (Å²) >= 11 is 1.55. The second-order valence-corrected chi connectivity index (χ2v) is 7.12. The highest BCUT2D eigenvalue weighted by Crippen LogP contribution is 2.21. The number of aryl methyl sites for hydroxylation is 1. The number of rotatable bonds is 7. The van der Waals surface area contributed by atoms with Crippen LogP contribution in [0.3, 0.4) is 0 Å². The van der Waals surface area contributed by atoms with Crippen LogP contribution in [-0.4, -0.2) is 31.2 Å². The van der Waals surface area contributed by atoms with Crippen LogP contribution in [0.25, 0.3) is 5.69 Å². The van der Waals surface area contributed by atoms with Crippen LogP contribution in [0, 0.1) is 6.92 Å². The Balaban J connectivity index is 1.44. The first-order chi connectivity index (χ1) is 14.2. The SMILES string of the molecule is Cc1nc(COc2ccccc2C(=O)OCc2nnnn2-c2ccccc2)cs1. The van der Waals surface area contributed by atoms with Crippen molar-refractivity contribution in [2.45, 2.75) is 20.1 Å². The predicted molar refractivity (Wildman–Crippen MR) is 106 cm³/mol. The molecule has 0 unspecified atom stereocenters. The fourth-order valence-corrected chi connectivity index (χ4v) is 3.26. The van der Waals surface area contributed by atoms with Gasteiger partial charge in [0.25, 0.3) is 0 Å². The van der Waals surface area contributed by atoms with Gasteiger partial charge in [-0.1, -0.05) is 30.3 Å². The molecule has 2 aromatic heterocycles. The number of benzene rings is 2. The van der Waals surface area contributed by atoms with Crippen LogP contribution in [0.15, 0.2) is 60.0 Å². The molecule has 0 aliphatic heterocycles. The molecule has 0 radical (unpaired) electrons. The summed E-state index contributed by atoms with van der Waals surface area (Å²) < 4.78 is 12.7. The lowest BCUT2D eigenvalue weighted by Gasteiger charge is -2.10. The zero-order chi connectivity index (χ0) is 20.1. The minimum atomic E-state index is -0.516. The molecular weight excluding hydrogens is 390 g/mol. The van der Waals surface area contributed by atoms with Crippen molar-refractivity contribution in [3.05, 3.63) is 82.1 Å². The molecule has 146 valence electrons. The van der Waals surface area contributed by atoms with Crippen LogP contribution >= 0.6 is 11.3 Å². The Morgan fingerprint density at radius 3 is 2.66 bits per heavy atom. The van der Waals surface area contributed by atoms with E-state index in [-0.39, 0.29) is 13.2 Å². The van der Waals surface area contributed by atoms with Crippen LogP contribution in [0.5, 0.6) is 5.75 Å². The predicted octanol–water partition coefficient (Wildman–Crippen LogP) is 3.36. The van der Waals surface area contributed by atoms with Gasteiger partial charge in [0, 0.05) is 5.38 Å². The van der Waals surface area contributed by atoms with Crippen LogP contribution < -0.4 is 4.74 Å². The molecule has 2 aromatic carbocycles. The number of hydrogen-bond donors (Lipinski definition) is 0. The Kier molecular flexibility index (Phi) is 5.57. The van der Waals surface area contributed by atoms with E-state index in [0.29, 0.717) is 17.1 Å². The third-order valence-corrected chi connectivity index (χ3v) is 4.84. The first-order valence-electron chi connectivity index (χ1n) is 8.83. The van der Waals surface area contributed by atoms with Gasteiger partial charge in [-0.25, -0.2) is 9.78 Å². The Morgan fingerprint density at radius 1 is 1.07 bits per heavy atom. The zero-order valence-corrected chi connectivity index (χ0v) is 16.4. The summed E-state index contributed by atoms with van der Waals surface area (Å²) in [5.41, 5.74) is 1.93. The lowest BCUT2D eigenvalue weighted by molar-refractivity contribution is 0.0454. The Morgan fingerprint density at radius 2 is 1.86 bits per heavy atom. The van der Waals surface area contributed by atoms with Crippen molar-refractivity contribution in [2.24, 2.45) is 0 Å². The Bertz CT molecular complexity index is 1110. The average Bonchev–Trinajstić information content (AvgIpc) is 3.40. The van der Waals surface area contributed by atoms with Gasteiger partial charge in [0.2, 0.25) is 0 Å². The quantitative estimate of drug-likeness (QED) is 0.434. The normalized spacial score (nSPS) is 10.7. The Hall–Kier alpha value is -3.59. The molecule has 0 spiro atoms. The molecule has 0 amide bonds. The van der Waals surface area contributed by atoms with E-state index in [0.717, 1.165) is 16.4 Å². The molecule has 0 bridgehead atoms. The maximum atomic E-state index is 12.6. The van der Waals surface area contributed by atoms with Gasteiger partial charge in [-0.3, -0.25) is 0 Å². The number of carbonyl (C=O) groups is 1. The molecular formula is C20H17N5O3S. The topological polar surface area (TPSA) is 92.0 Å². The monoisotopic (exact) mass is 407 g/mol. The number of esters is 1. The van der Waals surface area contributed by atoms with E-state index in [1.54, 1.807) is 35.6 Å². The molecule has 8 nitrogen and oxygen atoms in total. The molecule has 2 heterocycles. The van der Waals surface area contributed by atoms with Gasteiger partial charge in [0.15, 0.2) is 12.4 Å². The van der Waals surface area contributed by atoms with E-state index in [4.69, 9.17) is 9.47 Å². The lowest BCUT2D eigenvalue weighted by atomic mass is 10.2. The summed E-state index contributed by atoms with van der Waals surface area (Å²) in [5, 5.41) is 14.5. The number of aromatic nitrogens is 5. The summed E-state index contributed by atoms with van der Waals surface area (Å²) in [4.78, 5) is 17.0. The number of ether oxygens (including phenoxy) is 2. The van der Waals surface area contributed by atoms with Gasteiger partial charge in [-0.2, -0.15) is 4.68 Å². The van der Waals surface area contributed by atoms with E-state index in [1.165, 1.54) is 4.68 Å². The van der Waals surface area contributed by atoms with Crippen molar-refractivity contribution in [3.8, 4) is 11.4 Å². The molecule has 9 heteroatoms. The molecule has 4 aromatic rings. The highest BCUT2D eigenvalue weighted by Gasteiger charge is 2.16. The molecule has 0 aliphatic rings. The van der Waals surface area contributed by atoms with Crippen molar-refractivity contribution < 1.29 is 14.3 Å². The second kappa shape index (κ2) is 8.61. The van der Waals surface area contributed by atoms with E-state index in [9.17, 15) is 4.79 Å². The molecule has 0 atom stereocenters. The van der Waals surface area contributed by atoms with Gasteiger partial charge < -0.3 is 9.47 Å². The van der Waals surface area contributed by atoms with Crippen molar-refractivity contribution in [3.63, 3.8) is 0 Å². The second-order valence-electron chi connectivity index (χ2n) is 6.06. The zero-order valence-electron chi connectivity index (χ0n) is 15.6. The Labute approximate surface area is 170 Å². The van der Waals surface area contributed by atoms with Gasteiger partial charge in [0.05, 0.1) is 16.4 Å². The van der Waals surface area contributed by atoms with E-state index in [2.05, 4.69) is 20.5 Å². The molecule has 0 fully saturated rings. The molecule has 0 aliphatic carbocycles. The molecule has 29 heavy (non-hydrogen) atoms. The first kappa shape index (κ1) is 18.8. The summed E-state index contributed by atoms with van der Waals surface area (Å²) in [6, 6.07) is 16.3. The number of thiazole rings is 1. The van der Waals surface area contributed by atoms with Gasteiger partial charge in [0.1, 0.15) is 17.9 Å². The van der Waals surface area contributed by atoms with Crippen molar-refractivity contribution in [2.75, 3.05) is 0 Å². The maximum Gasteiger partial charge on any atom is 0.342 e. The standard InChI is InChI=1S/C20H17N5O3S/c1-14-21-15(13-29-14)11-27-18-10-6-5-9-17(18)20(26)28-12-19-22-23-24-25(19)16-7-3-2-4-8-16/h2-10,13H,11-12H2,1H3. The average molecular weight is 407 g/mol. The third kappa shape index (κ3) is 4.46. The summed E-state index contributed by atoms with van der Waals surface area (Å²) in [6.07, 6.45) is 0. The van der Waals surface area contributed by atoms with Gasteiger partial charge in [-0.15, -0.1) is 16.4 Å². The molecule has 0 saturated carbocycles. The van der Waals surface area contributed by atoms with Crippen molar-refractivity contribution in [1.29, 1.82) is 0 Å². The van der Waals surface area contributed by atoms with Crippen LogP contribution in [0.1, 0.15) is 26.9 Å². The fraction of sp³-hybridized carbons (Fsp3) is 0.150. The lowest BCUT2D eigenvalue weighted by Crippen LogP contribution is -2.11. The number of nitrogens with zero attached hydrogens (tertiary/aromatic N) is 5. The number of para-hydroxylation sites is 2. The molecule has 0 N–H and O–H groups in total. The molecule has 4 rings (SSSR count). The van der Waals surface area contributed by atoms with Gasteiger partial charge >= 0.3 is 5.97 Å². The van der Waals surface area contributed by atoms with Gasteiger partial charge in [-0.05, 0) is 41.6 Å². The summed E-state index contributed by atoms with van der Waals surface area (Å²) in [5.74, 6) is 0.337.